The maximum atomic E-state index is 9.08. The van der Waals surface area contributed by atoms with Crippen LogP contribution in [0.4, 0.5) is 0 Å². The summed E-state index contributed by atoms with van der Waals surface area (Å²) >= 11 is 0. The number of aliphatic hydroxyl groups excluding tert-OH is 1. The molecule has 0 aliphatic rings. The van der Waals surface area contributed by atoms with Crippen molar-refractivity contribution in [2.24, 2.45) is 0 Å². The summed E-state index contributed by atoms with van der Waals surface area (Å²) in [4.78, 5) is 0. The Labute approximate surface area is 92.1 Å². The Balaban J connectivity index is 2.19. The van der Waals surface area contributed by atoms with Crippen molar-refractivity contribution in [3.63, 3.8) is 0 Å². The van der Waals surface area contributed by atoms with Gasteiger partial charge in [-0.2, -0.15) is 0 Å². The minimum atomic E-state index is -0.206. The molecule has 0 aliphatic carbocycles. The lowest BCUT2D eigenvalue weighted by Crippen LogP contribution is -2.18. The lowest BCUT2D eigenvalue weighted by molar-refractivity contribution is 0.183. The highest BCUT2D eigenvalue weighted by atomic mass is 16.3. The zero-order valence-electron chi connectivity index (χ0n) is 9.74. The molecular formula is C12H22N2O. The Morgan fingerprint density at radius 2 is 2.33 bits per heavy atom. The minimum absolute atomic E-state index is 0.206. The summed E-state index contributed by atoms with van der Waals surface area (Å²) in [6, 6.07) is 2.14. The third-order valence-electron chi connectivity index (χ3n) is 2.36. The molecule has 3 heteroatoms. The molecule has 0 saturated carbocycles. The molecule has 3 nitrogen and oxygen atoms in total. The first kappa shape index (κ1) is 12.3. The van der Waals surface area contributed by atoms with Crippen LogP contribution in [0.5, 0.6) is 0 Å². The van der Waals surface area contributed by atoms with E-state index in [1.165, 1.54) is 12.0 Å². The Kier molecular flexibility index (Phi) is 5.43. The maximum Gasteiger partial charge on any atom is 0.0524 e. The van der Waals surface area contributed by atoms with Crippen LogP contribution in [0.2, 0.25) is 0 Å². The Bertz CT molecular complexity index is 268. The van der Waals surface area contributed by atoms with Crippen molar-refractivity contribution < 1.29 is 5.11 Å². The average molecular weight is 210 g/mol. The van der Waals surface area contributed by atoms with Crippen LogP contribution in [0.15, 0.2) is 18.5 Å². The SMILES string of the molecule is CCCn1ccc(CNCCC(C)O)c1. The third-order valence-corrected chi connectivity index (χ3v) is 2.36. The average Bonchev–Trinajstić information content (AvgIpc) is 2.61. The summed E-state index contributed by atoms with van der Waals surface area (Å²) < 4.78 is 2.21. The van der Waals surface area contributed by atoms with Gasteiger partial charge in [0, 0.05) is 25.5 Å². The van der Waals surface area contributed by atoms with Gasteiger partial charge in [0.25, 0.3) is 0 Å². The van der Waals surface area contributed by atoms with Crippen LogP contribution < -0.4 is 5.32 Å². The predicted molar refractivity (Wildman–Crippen MR) is 62.7 cm³/mol. The van der Waals surface area contributed by atoms with Crippen LogP contribution in [0.25, 0.3) is 0 Å². The topological polar surface area (TPSA) is 37.2 Å². The summed E-state index contributed by atoms with van der Waals surface area (Å²) in [5.41, 5.74) is 1.31. The molecule has 2 N–H and O–H groups in total. The summed E-state index contributed by atoms with van der Waals surface area (Å²) in [6.45, 7) is 6.85. The summed E-state index contributed by atoms with van der Waals surface area (Å²) in [5.74, 6) is 0. The zero-order valence-corrected chi connectivity index (χ0v) is 9.74. The molecule has 1 unspecified atom stereocenters. The molecule has 1 aromatic heterocycles. The van der Waals surface area contributed by atoms with Gasteiger partial charge in [0.2, 0.25) is 0 Å². The first-order valence-corrected chi connectivity index (χ1v) is 5.75. The lowest BCUT2D eigenvalue weighted by atomic mass is 10.3. The number of aliphatic hydroxyl groups is 1. The summed E-state index contributed by atoms with van der Waals surface area (Å²) in [7, 11) is 0. The molecule has 0 bridgehead atoms. The second-order valence-corrected chi connectivity index (χ2v) is 4.07. The molecule has 0 spiro atoms. The van der Waals surface area contributed by atoms with E-state index >= 15 is 0 Å². The zero-order chi connectivity index (χ0) is 11.1. The first-order valence-electron chi connectivity index (χ1n) is 5.75. The number of aromatic nitrogens is 1. The van der Waals surface area contributed by atoms with Gasteiger partial charge in [-0.25, -0.2) is 0 Å². The number of rotatable bonds is 7. The van der Waals surface area contributed by atoms with Gasteiger partial charge in [-0.1, -0.05) is 6.92 Å². The first-order chi connectivity index (χ1) is 7.22. The predicted octanol–water partition coefficient (Wildman–Crippen LogP) is 1.76. The fraction of sp³-hybridized carbons (Fsp3) is 0.667. The molecule has 1 aromatic rings. The highest BCUT2D eigenvalue weighted by Crippen LogP contribution is 2.02. The molecule has 1 atom stereocenters. The van der Waals surface area contributed by atoms with Crippen molar-refractivity contribution in [3.8, 4) is 0 Å². The van der Waals surface area contributed by atoms with Gasteiger partial charge in [0.05, 0.1) is 6.10 Å². The molecule has 86 valence electrons. The molecule has 0 aromatic carbocycles. The van der Waals surface area contributed by atoms with Gasteiger partial charge in [-0.05, 0) is 37.9 Å². The number of nitrogens with one attached hydrogen (secondary N) is 1. The van der Waals surface area contributed by atoms with Crippen molar-refractivity contribution in [3.05, 3.63) is 24.0 Å². The highest BCUT2D eigenvalue weighted by molar-refractivity contribution is 5.09. The van der Waals surface area contributed by atoms with Crippen LogP contribution in [0, 0.1) is 0 Å². The van der Waals surface area contributed by atoms with Crippen molar-refractivity contribution in [1.29, 1.82) is 0 Å². The number of nitrogens with zero attached hydrogens (tertiary/aromatic N) is 1. The van der Waals surface area contributed by atoms with Crippen LogP contribution in [0.1, 0.15) is 32.3 Å². The smallest absolute Gasteiger partial charge is 0.0524 e. The van der Waals surface area contributed by atoms with Crippen LogP contribution in [-0.2, 0) is 13.1 Å². The van der Waals surface area contributed by atoms with Gasteiger partial charge in [-0.15, -0.1) is 0 Å². The Morgan fingerprint density at radius 3 is 3.00 bits per heavy atom. The van der Waals surface area contributed by atoms with E-state index in [4.69, 9.17) is 5.11 Å². The van der Waals surface area contributed by atoms with E-state index in [2.05, 4.69) is 35.3 Å². The van der Waals surface area contributed by atoms with Crippen LogP contribution in [0.3, 0.4) is 0 Å². The fourth-order valence-electron chi connectivity index (χ4n) is 1.54. The minimum Gasteiger partial charge on any atom is -0.393 e. The van der Waals surface area contributed by atoms with E-state index in [0.717, 1.165) is 26.1 Å². The van der Waals surface area contributed by atoms with E-state index in [1.807, 2.05) is 6.92 Å². The van der Waals surface area contributed by atoms with Crippen molar-refractivity contribution in [2.45, 2.75) is 45.9 Å². The highest BCUT2D eigenvalue weighted by Gasteiger charge is 1.97. The monoisotopic (exact) mass is 210 g/mol. The second kappa shape index (κ2) is 6.64. The quantitative estimate of drug-likeness (QED) is 0.673. The fourth-order valence-corrected chi connectivity index (χ4v) is 1.54. The van der Waals surface area contributed by atoms with E-state index in [0.29, 0.717) is 0 Å². The standard InChI is InChI=1S/C12H22N2O/c1-3-7-14-8-5-12(10-14)9-13-6-4-11(2)15/h5,8,10-11,13,15H,3-4,6-7,9H2,1-2H3. The molecule has 1 heterocycles. The molecular weight excluding hydrogens is 188 g/mol. The maximum absolute atomic E-state index is 9.08. The van der Waals surface area contributed by atoms with Gasteiger partial charge in [0.15, 0.2) is 0 Å². The molecule has 15 heavy (non-hydrogen) atoms. The van der Waals surface area contributed by atoms with Gasteiger partial charge < -0.3 is 15.0 Å². The number of hydrogen-bond donors (Lipinski definition) is 2. The molecule has 0 radical (unpaired) electrons. The van der Waals surface area contributed by atoms with Gasteiger partial charge in [0.1, 0.15) is 0 Å². The lowest BCUT2D eigenvalue weighted by Gasteiger charge is -2.05. The van der Waals surface area contributed by atoms with Gasteiger partial charge >= 0.3 is 0 Å². The van der Waals surface area contributed by atoms with E-state index in [-0.39, 0.29) is 6.10 Å². The summed E-state index contributed by atoms with van der Waals surface area (Å²) in [5, 5.41) is 12.4. The summed E-state index contributed by atoms with van der Waals surface area (Å²) in [6.07, 6.45) is 6.08. The molecule has 0 fully saturated rings. The van der Waals surface area contributed by atoms with Gasteiger partial charge in [-0.3, -0.25) is 0 Å². The van der Waals surface area contributed by atoms with Crippen LogP contribution >= 0.6 is 0 Å². The van der Waals surface area contributed by atoms with Crippen molar-refractivity contribution in [2.75, 3.05) is 6.54 Å². The number of hydrogen-bond acceptors (Lipinski definition) is 2. The number of aryl methyl sites for hydroxylation is 1. The Morgan fingerprint density at radius 1 is 1.53 bits per heavy atom. The van der Waals surface area contributed by atoms with E-state index < -0.39 is 0 Å². The largest absolute Gasteiger partial charge is 0.393 e. The van der Waals surface area contributed by atoms with E-state index in [9.17, 15) is 0 Å². The third kappa shape index (κ3) is 5.00. The van der Waals surface area contributed by atoms with Crippen molar-refractivity contribution >= 4 is 0 Å². The molecule has 0 aliphatic heterocycles. The molecule has 0 saturated heterocycles. The Hall–Kier alpha value is -0.800. The van der Waals surface area contributed by atoms with Crippen molar-refractivity contribution in [1.82, 2.24) is 9.88 Å². The molecule has 0 amide bonds. The van der Waals surface area contributed by atoms with E-state index in [1.54, 1.807) is 0 Å². The second-order valence-electron chi connectivity index (χ2n) is 4.07. The normalized spacial score (nSPS) is 13.0. The van der Waals surface area contributed by atoms with Crippen LogP contribution in [-0.4, -0.2) is 22.3 Å². The molecule has 1 rings (SSSR count).